The van der Waals surface area contributed by atoms with Crippen molar-refractivity contribution in [2.24, 2.45) is 9.98 Å². The Hall–Kier alpha value is -1.28. The van der Waals surface area contributed by atoms with Crippen molar-refractivity contribution >= 4 is 12.2 Å². The summed E-state index contributed by atoms with van der Waals surface area (Å²) in [6.45, 7) is 2.66. The first-order valence-electron chi connectivity index (χ1n) is 6.07. The van der Waals surface area contributed by atoms with Gasteiger partial charge in [0.1, 0.15) is 0 Å². The fourth-order valence-corrected chi connectivity index (χ4v) is 1.34. The average Bonchev–Trinajstić information content (AvgIpc) is 2.35. The number of rotatable bonds is 12. The highest BCUT2D eigenvalue weighted by molar-refractivity contribution is 5.32. The van der Waals surface area contributed by atoms with Gasteiger partial charge in [0.2, 0.25) is 12.2 Å². The number of hydrogen-bond acceptors (Lipinski definition) is 5. The molecule has 0 N–H and O–H groups in total. The first-order valence-corrected chi connectivity index (χ1v) is 6.07. The van der Waals surface area contributed by atoms with Crippen LogP contribution < -0.4 is 0 Å². The van der Waals surface area contributed by atoms with E-state index in [1.54, 1.807) is 0 Å². The molecule has 0 spiro atoms. The number of ether oxygens (including phenoxy) is 1. The van der Waals surface area contributed by atoms with Crippen LogP contribution in [0.2, 0.25) is 0 Å². The molecular formula is C12H20N2O3. The van der Waals surface area contributed by atoms with E-state index in [0.717, 1.165) is 51.7 Å². The molecule has 0 atom stereocenters. The number of unbranched alkanes of at least 4 members (excludes halogenated alkanes) is 4. The van der Waals surface area contributed by atoms with Gasteiger partial charge in [-0.25, -0.2) is 19.6 Å². The van der Waals surface area contributed by atoms with Gasteiger partial charge in [0.15, 0.2) is 0 Å². The van der Waals surface area contributed by atoms with Crippen molar-refractivity contribution < 1.29 is 14.3 Å². The van der Waals surface area contributed by atoms with E-state index < -0.39 is 0 Å². The summed E-state index contributed by atoms with van der Waals surface area (Å²) < 4.78 is 5.43. The molecule has 0 aromatic rings. The highest BCUT2D eigenvalue weighted by Gasteiger charge is 1.91. The molecule has 0 aliphatic heterocycles. The summed E-state index contributed by atoms with van der Waals surface area (Å²) in [6, 6.07) is 0. The van der Waals surface area contributed by atoms with Gasteiger partial charge in [-0.05, 0) is 38.5 Å². The lowest BCUT2D eigenvalue weighted by atomic mass is 10.2. The molecule has 0 aliphatic rings. The standard InChI is InChI=1S/C12H20N2O3/c15-11-13-7-3-1-5-9-17-10-6-2-4-8-14-12-16/h1-10H2. The topological polar surface area (TPSA) is 68.1 Å². The largest absolute Gasteiger partial charge is 0.381 e. The molecular weight excluding hydrogens is 220 g/mol. The lowest BCUT2D eigenvalue weighted by molar-refractivity contribution is 0.126. The van der Waals surface area contributed by atoms with Crippen LogP contribution in [0.5, 0.6) is 0 Å². The van der Waals surface area contributed by atoms with Gasteiger partial charge < -0.3 is 4.74 Å². The van der Waals surface area contributed by atoms with E-state index in [1.165, 1.54) is 12.2 Å². The number of aliphatic imine (C=N–C) groups is 2. The summed E-state index contributed by atoms with van der Waals surface area (Å²) in [5, 5.41) is 0. The van der Waals surface area contributed by atoms with Crippen molar-refractivity contribution in [1.29, 1.82) is 0 Å². The highest BCUT2D eigenvalue weighted by atomic mass is 16.5. The average molecular weight is 240 g/mol. The molecule has 0 aromatic carbocycles. The van der Waals surface area contributed by atoms with Crippen LogP contribution in [0.3, 0.4) is 0 Å². The normalized spacial score (nSPS) is 9.41. The second-order valence-corrected chi connectivity index (χ2v) is 3.68. The van der Waals surface area contributed by atoms with Crippen molar-refractivity contribution in [2.45, 2.75) is 38.5 Å². The first kappa shape index (κ1) is 15.7. The van der Waals surface area contributed by atoms with Crippen molar-refractivity contribution in [3.8, 4) is 0 Å². The van der Waals surface area contributed by atoms with E-state index in [2.05, 4.69) is 9.98 Å². The summed E-state index contributed by atoms with van der Waals surface area (Å²) in [6.07, 6.45) is 8.94. The Labute approximate surface area is 102 Å². The van der Waals surface area contributed by atoms with E-state index in [4.69, 9.17) is 4.74 Å². The van der Waals surface area contributed by atoms with Gasteiger partial charge in [-0.1, -0.05) is 0 Å². The van der Waals surface area contributed by atoms with Gasteiger partial charge in [0.05, 0.1) is 13.1 Å². The van der Waals surface area contributed by atoms with Gasteiger partial charge >= 0.3 is 0 Å². The van der Waals surface area contributed by atoms with Crippen LogP contribution >= 0.6 is 0 Å². The maximum atomic E-state index is 9.76. The number of isocyanates is 2. The van der Waals surface area contributed by atoms with Crippen LogP contribution in [0.4, 0.5) is 0 Å². The summed E-state index contributed by atoms with van der Waals surface area (Å²) in [4.78, 5) is 26.5. The maximum Gasteiger partial charge on any atom is 0.234 e. The van der Waals surface area contributed by atoms with Crippen LogP contribution in [0.1, 0.15) is 38.5 Å². The Balaban J connectivity index is 2.98. The molecule has 0 heterocycles. The van der Waals surface area contributed by atoms with Gasteiger partial charge in [-0.2, -0.15) is 0 Å². The summed E-state index contributed by atoms with van der Waals surface area (Å²) in [5.41, 5.74) is 0. The molecule has 96 valence electrons. The quantitative estimate of drug-likeness (QED) is 0.298. The summed E-state index contributed by atoms with van der Waals surface area (Å²) >= 11 is 0. The Morgan fingerprint density at radius 2 is 1.18 bits per heavy atom. The van der Waals surface area contributed by atoms with Crippen molar-refractivity contribution in [2.75, 3.05) is 26.3 Å². The number of nitrogens with zero attached hydrogens (tertiary/aromatic N) is 2. The molecule has 0 bridgehead atoms. The monoisotopic (exact) mass is 240 g/mol. The van der Waals surface area contributed by atoms with Gasteiger partial charge in [-0.15, -0.1) is 0 Å². The molecule has 0 fully saturated rings. The lowest BCUT2D eigenvalue weighted by Crippen LogP contribution is -1.98. The number of carbonyl (C=O) groups excluding carboxylic acids is 2. The maximum absolute atomic E-state index is 9.76. The SMILES string of the molecule is O=C=NCCCCCOCCCCCN=C=O. The highest BCUT2D eigenvalue weighted by Crippen LogP contribution is 1.99. The summed E-state index contributed by atoms with van der Waals surface area (Å²) in [5.74, 6) is 0. The van der Waals surface area contributed by atoms with E-state index >= 15 is 0 Å². The van der Waals surface area contributed by atoms with Crippen molar-refractivity contribution in [3.05, 3.63) is 0 Å². The molecule has 0 aromatic heterocycles. The van der Waals surface area contributed by atoms with E-state index in [1.807, 2.05) is 0 Å². The summed E-state index contributed by atoms with van der Waals surface area (Å²) in [7, 11) is 0. The Morgan fingerprint density at radius 3 is 1.59 bits per heavy atom. The van der Waals surface area contributed by atoms with E-state index in [0.29, 0.717) is 13.1 Å². The molecule has 0 saturated carbocycles. The van der Waals surface area contributed by atoms with Crippen LogP contribution in [-0.2, 0) is 14.3 Å². The zero-order chi connectivity index (χ0) is 12.6. The van der Waals surface area contributed by atoms with Gasteiger partial charge in [-0.3, -0.25) is 0 Å². The Bertz CT molecular complexity index is 230. The van der Waals surface area contributed by atoms with Crippen molar-refractivity contribution in [3.63, 3.8) is 0 Å². The Kier molecular flexibility index (Phi) is 13.6. The Morgan fingerprint density at radius 1 is 0.706 bits per heavy atom. The molecule has 0 saturated heterocycles. The van der Waals surface area contributed by atoms with Crippen LogP contribution in [0.25, 0.3) is 0 Å². The first-order chi connectivity index (χ1) is 8.41. The second kappa shape index (κ2) is 14.7. The molecule has 5 nitrogen and oxygen atoms in total. The smallest absolute Gasteiger partial charge is 0.234 e. The van der Waals surface area contributed by atoms with Crippen molar-refractivity contribution in [1.82, 2.24) is 0 Å². The third-order valence-corrected chi connectivity index (χ3v) is 2.25. The molecule has 0 rings (SSSR count). The number of hydrogen-bond donors (Lipinski definition) is 0. The third kappa shape index (κ3) is 14.7. The zero-order valence-corrected chi connectivity index (χ0v) is 10.2. The van der Waals surface area contributed by atoms with Crippen LogP contribution in [-0.4, -0.2) is 38.5 Å². The van der Waals surface area contributed by atoms with Gasteiger partial charge in [0, 0.05) is 13.2 Å². The molecule has 0 radical (unpaired) electrons. The predicted molar refractivity (Wildman–Crippen MR) is 64.5 cm³/mol. The second-order valence-electron chi connectivity index (χ2n) is 3.68. The van der Waals surface area contributed by atoms with E-state index in [-0.39, 0.29) is 0 Å². The minimum atomic E-state index is 0.570. The van der Waals surface area contributed by atoms with E-state index in [9.17, 15) is 9.59 Å². The third-order valence-electron chi connectivity index (χ3n) is 2.25. The van der Waals surface area contributed by atoms with Crippen LogP contribution in [0, 0.1) is 0 Å². The molecule has 5 heteroatoms. The molecule has 0 unspecified atom stereocenters. The lowest BCUT2D eigenvalue weighted by Gasteiger charge is -2.03. The minimum absolute atomic E-state index is 0.570. The fraction of sp³-hybridized carbons (Fsp3) is 0.833. The molecule has 0 aliphatic carbocycles. The van der Waals surface area contributed by atoms with Gasteiger partial charge in [0.25, 0.3) is 0 Å². The van der Waals surface area contributed by atoms with Crippen LogP contribution in [0.15, 0.2) is 9.98 Å². The molecule has 17 heavy (non-hydrogen) atoms. The fourth-order valence-electron chi connectivity index (χ4n) is 1.34. The minimum Gasteiger partial charge on any atom is -0.381 e. The molecule has 0 amide bonds. The zero-order valence-electron chi connectivity index (χ0n) is 10.2. The predicted octanol–water partition coefficient (Wildman–Crippen LogP) is 2.02.